The van der Waals surface area contributed by atoms with Gasteiger partial charge in [0.15, 0.2) is 0 Å². The number of nitrogens with one attached hydrogen (secondary N) is 1. The van der Waals surface area contributed by atoms with Crippen LogP contribution in [0.3, 0.4) is 0 Å². The highest BCUT2D eigenvalue weighted by Gasteiger charge is 2.15. The van der Waals surface area contributed by atoms with Gasteiger partial charge in [0.25, 0.3) is 5.91 Å². The fraction of sp³-hybridized carbons (Fsp3) is 0.250. The highest BCUT2D eigenvalue weighted by Crippen LogP contribution is 2.25. The zero-order valence-electron chi connectivity index (χ0n) is 12.3. The van der Waals surface area contributed by atoms with E-state index in [9.17, 15) is 4.79 Å². The Kier molecular flexibility index (Phi) is 4.77. The number of anilines is 2. The molecular weight excluding hydrogens is 264 g/mol. The highest BCUT2D eigenvalue weighted by atomic mass is 16.1. The molecule has 0 spiro atoms. The average Bonchev–Trinajstić information content (AvgIpc) is 2.52. The van der Waals surface area contributed by atoms with Gasteiger partial charge in [-0.2, -0.15) is 0 Å². The molecule has 0 bridgehead atoms. The van der Waals surface area contributed by atoms with Crippen LogP contribution in [0.1, 0.15) is 22.8 Å². The molecule has 21 heavy (non-hydrogen) atoms. The third kappa shape index (κ3) is 3.51. The number of nitrogens with zero attached hydrogens (tertiary/aromatic N) is 2. The summed E-state index contributed by atoms with van der Waals surface area (Å²) in [6, 6.07) is 9.28. The van der Waals surface area contributed by atoms with Crippen molar-refractivity contribution in [3.63, 3.8) is 0 Å². The van der Waals surface area contributed by atoms with Crippen molar-refractivity contribution in [2.75, 3.05) is 24.2 Å². The van der Waals surface area contributed by atoms with Crippen LogP contribution in [0.25, 0.3) is 0 Å². The summed E-state index contributed by atoms with van der Waals surface area (Å²) >= 11 is 0. The molecule has 110 valence electrons. The Labute approximate surface area is 124 Å². The average molecular weight is 284 g/mol. The Bertz CT molecular complexity index is 613. The maximum absolute atomic E-state index is 12.0. The third-order valence-electron chi connectivity index (χ3n) is 3.34. The standard InChI is InChI=1S/C16H20N4O/c1-3-20(11-12-6-8-19-9-7-12)15-10-13(17)4-5-14(15)16(21)18-2/h4-10H,3,11,17H2,1-2H3,(H,18,21). The molecule has 0 saturated heterocycles. The first kappa shape index (κ1) is 14.8. The monoisotopic (exact) mass is 284 g/mol. The molecule has 1 amide bonds. The molecule has 1 aromatic heterocycles. The van der Waals surface area contributed by atoms with Crippen LogP contribution >= 0.6 is 0 Å². The molecule has 0 saturated carbocycles. The van der Waals surface area contributed by atoms with Crippen molar-refractivity contribution in [2.45, 2.75) is 13.5 Å². The number of carbonyl (C=O) groups excluding carboxylic acids is 1. The zero-order chi connectivity index (χ0) is 15.2. The number of benzene rings is 1. The lowest BCUT2D eigenvalue weighted by molar-refractivity contribution is 0.0963. The molecule has 1 heterocycles. The van der Waals surface area contributed by atoms with E-state index >= 15 is 0 Å². The summed E-state index contributed by atoms with van der Waals surface area (Å²) in [5, 5.41) is 2.67. The Morgan fingerprint density at radius 3 is 2.62 bits per heavy atom. The number of rotatable bonds is 5. The topological polar surface area (TPSA) is 71.2 Å². The van der Waals surface area contributed by atoms with Crippen LogP contribution in [-0.4, -0.2) is 24.5 Å². The van der Waals surface area contributed by atoms with Crippen LogP contribution in [-0.2, 0) is 6.54 Å². The summed E-state index contributed by atoms with van der Waals surface area (Å²) < 4.78 is 0. The molecule has 2 aromatic rings. The van der Waals surface area contributed by atoms with Gasteiger partial charge in [0, 0.05) is 38.2 Å². The summed E-state index contributed by atoms with van der Waals surface area (Å²) in [5.41, 5.74) is 9.14. The van der Waals surface area contributed by atoms with Gasteiger partial charge < -0.3 is 16.0 Å². The molecule has 5 nitrogen and oxygen atoms in total. The molecule has 1 aromatic carbocycles. The number of hydrogen-bond donors (Lipinski definition) is 2. The van der Waals surface area contributed by atoms with E-state index in [-0.39, 0.29) is 5.91 Å². The second-order valence-corrected chi connectivity index (χ2v) is 4.73. The van der Waals surface area contributed by atoms with E-state index in [0.29, 0.717) is 17.8 Å². The van der Waals surface area contributed by atoms with Crippen LogP contribution < -0.4 is 16.0 Å². The minimum absolute atomic E-state index is 0.113. The lowest BCUT2D eigenvalue weighted by Crippen LogP contribution is -2.27. The molecule has 0 aliphatic carbocycles. The summed E-state index contributed by atoms with van der Waals surface area (Å²) in [6.45, 7) is 3.53. The minimum atomic E-state index is -0.113. The van der Waals surface area contributed by atoms with Gasteiger partial charge >= 0.3 is 0 Å². The van der Waals surface area contributed by atoms with E-state index in [1.807, 2.05) is 18.2 Å². The Morgan fingerprint density at radius 1 is 1.29 bits per heavy atom. The Morgan fingerprint density at radius 2 is 2.00 bits per heavy atom. The molecule has 0 radical (unpaired) electrons. The normalized spacial score (nSPS) is 10.2. The summed E-state index contributed by atoms with van der Waals surface area (Å²) in [5.74, 6) is -0.113. The number of pyridine rings is 1. The van der Waals surface area contributed by atoms with Crippen molar-refractivity contribution < 1.29 is 4.79 Å². The largest absolute Gasteiger partial charge is 0.399 e. The van der Waals surface area contributed by atoms with Crippen molar-refractivity contribution >= 4 is 17.3 Å². The van der Waals surface area contributed by atoms with E-state index in [4.69, 9.17) is 5.73 Å². The van der Waals surface area contributed by atoms with Gasteiger partial charge in [-0.05, 0) is 42.8 Å². The van der Waals surface area contributed by atoms with Crippen molar-refractivity contribution in [2.24, 2.45) is 0 Å². The fourth-order valence-electron chi connectivity index (χ4n) is 2.21. The first-order valence-corrected chi connectivity index (χ1v) is 6.91. The molecule has 2 rings (SSSR count). The summed E-state index contributed by atoms with van der Waals surface area (Å²) in [6.07, 6.45) is 3.53. The maximum atomic E-state index is 12.0. The number of hydrogen-bond acceptors (Lipinski definition) is 4. The third-order valence-corrected chi connectivity index (χ3v) is 3.34. The van der Waals surface area contributed by atoms with Gasteiger partial charge in [-0.3, -0.25) is 9.78 Å². The Balaban J connectivity index is 2.37. The van der Waals surface area contributed by atoms with Crippen LogP contribution in [0.15, 0.2) is 42.7 Å². The number of nitrogens with two attached hydrogens (primary N) is 1. The van der Waals surface area contributed by atoms with Crippen LogP contribution in [0.2, 0.25) is 0 Å². The number of nitrogen functional groups attached to an aromatic ring is 1. The van der Waals surface area contributed by atoms with Gasteiger partial charge in [-0.25, -0.2) is 0 Å². The fourth-order valence-corrected chi connectivity index (χ4v) is 2.21. The lowest BCUT2D eigenvalue weighted by atomic mass is 10.1. The van der Waals surface area contributed by atoms with E-state index in [1.54, 1.807) is 31.6 Å². The van der Waals surface area contributed by atoms with Crippen LogP contribution in [0, 0.1) is 0 Å². The number of carbonyl (C=O) groups is 1. The van der Waals surface area contributed by atoms with Crippen LogP contribution in [0.5, 0.6) is 0 Å². The van der Waals surface area contributed by atoms with Gasteiger partial charge in [-0.1, -0.05) is 0 Å². The highest BCUT2D eigenvalue weighted by molar-refractivity contribution is 6.00. The first-order chi connectivity index (χ1) is 10.2. The predicted octanol–water partition coefficient (Wildman–Crippen LogP) is 2.05. The molecule has 0 aliphatic heterocycles. The molecule has 0 atom stereocenters. The SMILES string of the molecule is CCN(Cc1ccncc1)c1cc(N)ccc1C(=O)NC. The van der Waals surface area contributed by atoms with Gasteiger partial charge in [0.05, 0.1) is 11.3 Å². The quantitative estimate of drug-likeness (QED) is 0.824. The molecular formula is C16H20N4O. The molecule has 5 heteroatoms. The van der Waals surface area contributed by atoms with Crippen molar-refractivity contribution in [3.8, 4) is 0 Å². The van der Waals surface area contributed by atoms with Crippen LogP contribution in [0.4, 0.5) is 11.4 Å². The first-order valence-electron chi connectivity index (χ1n) is 6.91. The minimum Gasteiger partial charge on any atom is -0.399 e. The maximum Gasteiger partial charge on any atom is 0.253 e. The number of amides is 1. The molecule has 0 unspecified atom stereocenters. The van der Waals surface area contributed by atoms with E-state index in [0.717, 1.165) is 17.8 Å². The van der Waals surface area contributed by atoms with E-state index in [2.05, 4.69) is 22.1 Å². The second kappa shape index (κ2) is 6.74. The van der Waals surface area contributed by atoms with E-state index < -0.39 is 0 Å². The zero-order valence-corrected chi connectivity index (χ0v) is 12.3. The predicted molar refractivity (Wildman–Crippen MR) is 85.2 cm³/mol. The van der Waals surface area contributed by atoms with Crippen molar-refractivity contribution in [1.82, 2.24) is 10.3 Å². The van der Waals surface area contributed by atoms with Gasteiger partial charge in [0.2, 0.25) is 0 Å². The lowest BCUT2D eigenvalue weighted by Gasteiger charge is -2.25. The van der Waals surface area contributed by atoms with Crippen molar-refractivity contribution in [3.05, 3.63) is 53.9 Å². The van der Waals surface area contributed by atoms with Crippen molar-refractivity contribution in [1.29, 1.82) is 0 Å². The Hall–Kier alpha value is -2.56. The van der Waals surface area contributed by atoms with Gasteiger partial charge in [-0.15, -0.1) is 0 Å². The number of aromatic nitrogens is 1. The second-order valence-electron chi connectivity index (χ2n) is 4.73. The molecule has 0 aliphatic rings. The molecule has 0 fully saturated rings. The smallest absolute Gasteiger partial charge is 0.253 e. The molecule has 3 N–H and O–H groups in total. The van der Waals surface area contributed by atoms with Gasteiger partial charge in [0.1, 0.15) is 0 Å². The van der Waals surface area contributed by atoms with E-state index in [1.165, 1.54) is 0 Å². The summed E-state index contributed by atoms with van der Waals surface area (Å²) in [4.78, 5) is 18.2. The summed E-state index contributed by atoms with van der Waals surface area (Å²) in [7, 11) is 1.63.